The van der Waals surface area contributed by atoms with Crippen molar-refractivity contribution in [3.8, 4) is 17.6 Å². The standard InChI is InChI=1S/C25H19Cl2N3O5/c1-2-34-23-13-17(8-11-22(23)35-15-16-6-9-19(10-7-16)30(32)33)12-18(14-28)25(31)29-21-5-3-4-20(26)24(21)27/h3-13H,2,15H2,1H3,(H,29,31)/b18-12-. The Balaban J connectivity index is 1.78. The SMILES string of the molecule is CCOc1cc(/C=C(/C#N)C(=O)Nc2cccc(Cl)c2Cl)ccc1OCc1ccc([N+](=O)[O-])cc1. The largest absolute Gasteiger partial charge is 0.490 e. The number of carbonyl (C=O) groups excluding carboxylic acids is 1. The molecule has 0 heterocycles. The molecule has 0 atom stereocenters. The van der Waals surface area contributed by atoms with Gasteiger partial charge in [-0.2, -0.15) is 5.26 Å². The molecule has 0 aliphatic rings. The average molecular weight is 512 g/mol. The minimum absolute atomic E-state index is 0.00476. The summed E-state index contributed by atoms with van der Waals surface area (Å²) in [4.78, 5) is 22.9. The van der Waals surface area contributed by atoms with E-state index in [0.717, 1.165) is 5.56 Å². The second-order valence-corrected chi connectivity index (χ2v) is 7.86. The van der Waals surface area contributed by atoms with Crippen molar-refractivity contribution in [2.75, 3.05) is 11.9 Å². The van der Waals surface area contributed by atoms with Crippen LogP contribution in [-0.4, -0.2) is 17.4 Å². The predicted octanol–water partition coefficient (Wildman–Crippen LogP) is 6.42. The number of nitriles is 1. The fraction of sp³-hybridized carbons (Fsp3) is 0.120. The van der Waals surface area contributed by atoms with Crippen LogP contribution in [-0.2, 0) is 11.4 Å². The molecular formula is C25H19Cl2N3O5. The third-order valence-corrected chi connectivity index (χ3v) is 5.50. The number of carbonyl (C=O) groups is 1. The minimum Gasteiger partial charge on any atom is -0.490 e. The molecule has 0 aliphatic heterocycles. The summed E-state index contributed by atoms with van der Waals surface area (Å²) in [5.74, 6) is 0.211. The van der Waals surface area contributed by atoms with E-state index >= 15 is 0 Å². The molecule has 0 fully saturated rings. The summed E-state index contributed by atoms with van der Waals surface area (Å²) < 4.78 is 11.5. The molecule has 0 saturated carbocycles. The van der Waals surface area contributed by atoms with Crippen LogP contribution in [0.5, 0.6) is 11.5 Å². The van der Waals surface area contributed by atoms with Crippen LogP contribution < -0.4 is 14.8 Å². The number of halogens is 2. The number of nitro benzene ring substituents is 1. The monoisotopic (exact) mass is 511 g/mol. The molecule has 0 unspecified atom stereocenters. The number of rotatable bonds is 9. The molecule has 178 valence electrons. The number of anilines is 1. The molecule has 0 radical (unpaired) electrons. The summed E-state index contributed by atoms with van der Waals surface area (Å²) in [7, 11) is 0. The van der Waals surface area contributed by atoms with Crippen molar-refractivity contribution >= 4 is 46.6 Å². The highest BCUT2D eigenvalue weighted by atomic mass is 35.5. The summed E-state index contributed by atoms with van der Waals surface area (Å²) in [6, 6.07) is 17.7. The van der Waals surface area contributed by atoms with E-state index in [1.807, 2.05) is 13.0 Å². The molecule has 8 nitrogen and oxygen atoms in total. The minimum atomic E-state index is -0.645. The van der Waals surface area contributed by atoms with Gasteiger partial charge in [0.1, 0.15) is 18.2 Å². The van der Waals surface area contributed by atoms with Crippen LogP contribution in [0.4, 0.5) is 11.4 Å². The lowest BCUT2D eigenvalue weighted by molar-refractivity contribution is -0.384. The second kappa shape index (κ2) is 11.9. The molecule has 0 aliphatic carbocycles. The van der Waals surface area contributed by atoms with E-state index in [1.54, 1.807) is 48.5 Å². The first-order valence-corrected chi connectivity index (χ1v) is 11.1. The van der Waals surface area contributed by atoms with Gasteiger partial charge in [0, 0.05) is 12.1 Å². The number of amides is 1. The van der Waals surface area contributed by atoms with Gasteiger partial charge in [-0.1, -0.05) is 35.3 Å². The highest BCUT2D eigenvalue weighted by molar-refractivity contribution is 6.44. The van der Waals surface area contributed by atoms with Gasteiger partial charge in [0.2, 0.25) is 0 Å². The number of hydrogen-bond acceptors (Lipinski definition) is 6. The lowest BCUT2D eigenvalue weighted by atomic mass is 10.1. The van der Waals surface area contributed by atoms with Gasteiger partial charge < -0.3 is 14.8 Å². The van der Waals surface area contributed by atoms with E-state index in [4.69, 9.17) is 32.7 Å². The Hall–Kier alpha value is -4.06. The maximum absolute atomic E-state index is 12.6. The van der Waals surface area contributed by atoms with Crippen LogP contribution in [0.3, 0.4) is 0 Å². The van der Waals surface area contributed by atoms with E-state index in [-0.39, 0.29) is 33.6 Å². The first-order chi connectivity index (χ1) is 16.8. The van der Waals surface area contributed by atoms with Crippen LogP contribution >= 0.6 is 23.2 Å². The van der Waals surface area contributed by atoms with Gasteiger partial charge in [-0.15, -0.1) is 0 Å². The van der Waals surface area contributed by atoms with Gasteiger partial charge >= 0.3 is 0 Å². The molecule has 0 bridgehead atoms. The van der Waals surface area contributed by atoms with E-state index in [0.29, 0.717) is 23.7 Å². The maximum atomic E-state index is 12.6. The van der Waals surface area contributed by atoms with Gasteiger partial charge in [0.05, 0.1) is 27.3 Å². The molecule has 3 aromatic rings. The molecule has 3 aromatic carbocycles. The molecule has 0 aromatic heterocycles. The normalized spacial score (nSPS) is 10.9. The van der Waals surface area contributed by atoms with Crippen molar-refractivity contribution in [3.63, 3.8) is 0 Å². The Morgan fingerprint density at radius 3 is 2.51 bits per heavy atom. The first-order valence-electron chi connectivity index (χ1n) is 10.3. The lowest BCUT2D eigenvalue weighted by Crippen LogP contribution is -2.13. The van der Waals surface area contributed by atoms with Gasteiger partial charge in [0.15, 0.2) is 11.5 Å². The van der Waals surface area contributed by atoms with Crippen LogP contribution in [0.25, 0.3) is 6.08 Å². The van der Waals surface area contributed by atoms with Gasteiger partial charge in [-0.3, -0.25) is 14.9 Å². The lowest BCUT2D eigenvalue weighted by Gasteiger charge is -2.13. The molecule has 10 heteroatoms. The van der Waals surface area contributed by atoms with E-state index in [1.165, 1.54) is 18.2 Å². The summed E-state index contributed by atoms with van der Waals surface area (Å²) in [5.41, 5.74) is 1.42. The molecule has 0 saturated heterocycles. The van der Waals surface area contributed by atoms with Crippen molar-refractivity contribution in [3.05, 3.63) is 97.5 Å². The van der Waals surface area contributed by atoms with Gasteiger partial charge in [-0.05, 0) is 60.5 Å². The summed E-state index contributed by atoms with van der Waals surface area (Å²) >= 11 is 12.1. The molecule has 1 amide bonds. The third-order valence-electron chi connectivity index (χ3n) is 4.68. The zero-order valence-electron chi connectivity index (χ0n) is 18.5. The fourth-order valence-electron chi connectivity index (χ4n) is 2.98. The maximum Gasteiger partial charge on any atom is 0.269 e. The highest BCUT2D eigenvalue weighted by Crippen LogP contribution is 2.32. The number of benzene rings is 3. The third kappa shape index (κ3) is 6.73. The van der Waals surface area contributed by atoms with Gasteiger partial charge in [-0.25, -0.2) is 0 Å². The van der Waals surface area contributed by atoms with Crippen molar-refractivity contribution in [1.29, 1.82) is 5.26 Å². The molecule has 0 spiro atoms. The van der Waals surface area contributed by atoms with E-state index in [9.17, 15) is 20.2 Å². The first kappa shape index (κ1) is 25.6. The molecule has 1 N–H and O–H groups in total. The Kier molecular flexibility index (Phi) is 8.68. The molecule has 35 heavy (non-hydrogen) atoms. The van der Waals surface area contributed by atoms with Crippen molar-refractivity contribution < 1.29 is 19.2 Å². The van der Waals surface area contributed by atoms with Crippen LogP contribution in [0, 0.1) is 21.4 Å². The van der Waals surface area contributed by atoms with Crippen molar-refractivity contribution in [2.45, 2.75) is 13.5 Å². The molecular weight excluding hydrogens is 493 g/mol. The topological polar surface area (TPSA) is 114 Å². The summed E-state index contributed by atoms with van der Waals surface area (Å²) in [6.45, 7) is 2.34. The van der Waals surface area contributed by atoms with Crippen LogP contribution in [0.2, 0.25) is 10.0 Å². The number of nitrogens with one attached hydrogen (secondary N) is 1. The number of non-ortho nitro benzene ring substituents is 1. The quantitative estimate of drug-likeness (QED) is 0.153. The number of hydrogen-bond donors (Lipinski definition) is 1. The Bertz CT molecular complexity index is 1320. The highest BCUT2D eigenvalue weighted by Gasteiger charge is 2.14. The van der Waals surface area contributed by atoms with Crippen LogP contribution in [0.1, 0.15) is 18.1 Å². The number of ether oxygens (including phenoxy) is 2. The second-order valence-electron chi connectivity index (χ2n) is 7.08. The smallest absolute Gasteiger partial charge is 0.269 e. The van der Waals surface area contributed by atoms with Crippen molar-refractivity contribution in [2.24, 2.45) is 0 Å². The zero-order chi connectivity index (χ0) is 25.4. The Morgan fingerprint density at radius 2 is 1.86 bits per heavy atom. The van der Waals surface area contributed by atoms with Gasteiger partial charge in [0.25, 0.3) is 11.6 Å². The van der Waals surface area contributed by atoms with Crippen LogP contribution in [0.15, 0.2) is 66.2 Å². The average Bonchev–Trinajstić information content (AvgIpc) is 2.85. The summed E-state index contributed by atoms with van der Waals surface area (Å²) in [5, 5.41) is 23.3. The predicted molar refractivity (Wildman–Crippen MR) is 134 cm³/mol. The summed E-state index contributed by atoms with van der Waals surface area (Å²) in [6.07, 6.45) is 1.41. The number of nitrogens with zero attached hydrogens (tertiary/aromatic N) is 2. The Labute approximate surface area is 211 Å². The fourth-order valence-corrected chi connectivity index (χ4v) is 3.33. The van der Waals surface area contributed by atoms with Crippen molar-refractivity contribution in [1.82, 2.24) is 0 Å². The number of nitro groups is 1. The van der Waals surface area contributed by atoms with E-state index in [2.05, 4.69) is 5.32 Å². The zero-order valence-corrected chi connectivity index (χ0v) is 20.0. The Morgan fingerprint density at radius 1 is 1.11 bits per heavy atom. The molecule has 3 rings (SSSR count). The van der Waals surface area contributed by atoms with E-state index < -0.39 is 10.8 Å².